The van der Waals surface area contributed by atoms with E-state index in [1.54, 1.807) is 4.90 Å². The lowest BCUT2D eigenvalue weighted by atomic mass is 10.0. The summed E-state index contributed by atoms with van der Waals surface area (Å²) in [6, 6.07) is -0.106. The lowest BCUT2D eigenvalue weighted by Crippen LogP contribution is -2.59. The fourth-order valence-corrected chi connectivity index (χ4v) is 3.46. The fraction of sp³-hybridized carbons (Fsp3) is 0.882. The lowest BCUT2D eigenvalue weighted by Gasteiger charge is -2.41. The molecule has 23 heavy (non-hydrogen) atoms. The first-order valence-corrected chi connectivity index (χ1v) is 8.77. The summed E-state index contributed by atoms with van der Waals surface area (Å²) in [5.74, 6) is 0.723. The molecule has 2 N–H and O–H groups in total. The molecule has 0 aromatic rings. The lowest BCUT2D eigenvalue weighted by molar-refractivity contribution is -0.136. The highest BCUT2D eigenvalue weighted by atomic mass is 16.6. The third-order valence-electron chi connectivity index (χ3n) is 4.66. The molecule has 0 radical (unpaired) electrons. The molecule has 1 heterocycles. The number of hydrogen-bond acceptors (Lipinski definition) is 4. The SMILES string of the molecule is CC(C)(C)OC(=O)N1CCN(C(=O)CC2CCCC2)C(CN)C1. The Balaban J connectivity index is 1.90. The van der Waals surface area contributed by atoms with Crippen LogP contribution in [0.1, 0.15) is 52.9 Å². The van der Waals surface area contributed by atoms with Crippen LogP contribution < -0.4 is 5.73 Å². The second-order valence-corrected chi connectivity index (χ2v) is 7.76. The van der Waals surface area contributed by atoms with Crippen LogP contribution in [-0.2, 0) is 9.53 Å². The smallest absolute Gasteiger partial charge is 0.410 e. The van der Waals surface area contributed by atoms with E-state index >= 15 is 0 Å². The summed E-state index contributed by atoms with van der Waals surface area (Å²) in [6.45, 7) is 7.46. The van der Waals surface area contributed by atoms with Gasteiger partial charge in [-0.2, -0.15) is 0 Å². The van der Waals surface area contributed by atoms with E-state index in [9.17, 15) is 9.59 Å². The second-order valence-electron chi connectivity index (χ2n) is 7.76. The van der Waals surface area contributed by atoms with Crippen molar-refractivity contribution in [3.05, 3.63) is 0 Å². The average molecular weight is 325 g/mol. The zero-order valence-corrected chi connectivity index (χ0v) is 14.7. The highest BCUT2D eigenvalue weighted by Gasteiger charge is 2.34. The van der Waals surface area contributed by atoms with Crippen molar-refractivity contribution < 1.29 is 14.3 Å². The maximum absolute atomic E-state index is 12.6. The van der Waals surface area contributed by atoms with Crippen molar-refractivity contribution in [1.29, 1.82) is 0 Å². The van der Waals surface area contributed by atoms with E-state index < -0.39 is 5.60 Å². The summed E-state index contributed by atoms with van der Waals surface area (Å²) in [5, 5.41) is 0. The van der Waals surface area contributed by atoms with Gasteiger partial charge in [0.15, 0.2) is 0 Å². The van der Waals surface area contributed by atoms with E-state index in [4.69, 9.17) is 10.5 Å². The van der Waals surface area contributed by atoms with Crippen LogP contribution in [0.15, 0.2) is 0 Å². The molecule has 0 aromatic heterocycles. The number of rotatable bonds is 3. The van der Waals surface area contributed by atoms with Crippen molar-refractivity contribution >= 4 is 12.0 Å². The highest BCUT2D eigenvalue weighted by molar-refractivity contribution is 5.77. The number of piperazine rings is 1. The molecule has 1 unspecified atom stereocenters. The van der Waals surface area contributed by atoms with Gasteiger partial charge < -0.3 is 20.3 Å². The predicted molar refractivity (Wildman–Crippen MR) is 88.9 cm³/mol. The van der Waals surface area contributed by atoms with E-state index in [-0.39, 0.29) is 18.0 Å². The first-order chi connectivity index (χ1) is 10.8. The van der Waals surface area contributed by atoms with Gasteiger partial charge in [0.25, 0.3) is 0 Å². The van der Waals surface area contributed by atoms with Crippen LogP contribution in [0.5, 0.6) is 0 Å². The molecule has 132 valence electrons. The highest BCUT2D eigenvalue weighted by Crippen LogP contribution is 2.28. The van der Waals surface area contributed by atoms with Crippen molar-refractivity contribution in [3.63, 3.8) is 0 Å². The third kappa shape index (κ3) is 5.09. The summed E-state index contributed by atoms with van der Waals surface area (Å²) in [7, 11) is 0. The average Bonchev–Trinajstić information content (AvgIpc) is 2.97. The molecule has 6 heteroatoms. The summed E-state index contributed by atoms with van der Waals surface area (Å²) in [5.41, 5.74) is 5.35. The third-order valence-corrected chi connectivity index (χ3v) is 4.66. The molecule has 1 saturated heterocycles. The number of nitrogens with zero attached hydrogens (tertiary/aromatic N) is 2. The van der Waals surface area contributed by atoms with Crippen LogP contribution in [0.25, 0.3) is 0 Å². The monoisotopic (exact) mass is 325 g/mol. The summed E-state index contributed by atoms with van der Waals surface area (Å²) in [4.78, 5) is 28.3. The molecular formula is C17H31N3O3. The first-order valence-electron chi connectivity index (χ1n) is 8.77. The van der Waals surface area contributed by atoms with Crippen molar-refractivity contribution in [2.75, 3.05) is 26.2 Å². The van der Waals surface area contributed by atoms with Crippen LogP contribution in [0, 0.1) is 5.92 Å². The molecule has 0 bridgehead atoms. The van der Waals surface area contributed by atoms with Crippen LogP contribution in [-0.4, -0.2) is 59.6 Å². The minimum atomic E-state index is -0.509. The van der Waals surface area contributed by atoms with Gasteiger partial charge in [-0.15, -0.1) is 0 Å². The van der Waals surface area contributed by atoms with E-state index in [2.05, 4.69) is 0 Å². The van der Waals surface area contributed by atoms with Crippen molar-refractivity contribution in [2.24, 2.45) is 11.7 Å². The molecule has 1 atom stereocenters. The standard InChI is InChI=1S/C17H31N3O3/c1-17(2,3)23-16(22)19-8-9-20(14(11-18)12-19)15(21)10-13-6-4-5-7-13/h13-14H,4-12,18H2,1-3H3. The fourth-order valence-electron chi connectivity index (χ4n) is 3.46. The Labute approximate surface area is 139 Å². The van der Waals surface area contributed by atoms with E-state index in [1.807, 2.05) is 25.7 Å². The van der Waals surface area contributed by atoms with Gasteiger partial charge in [0.1, 0.15) is 5.60 Å². The molecule has 6 nitrogen and oxygen atoms in total. The van der Waals surface area contributed by atoms with Gasteiger partial charge in [0, 0.05) is 32.6 Å². The summed E-state index contributed by atoms with van der Waals surface area (Å²) >= 11 is 0. The maximum Gasteiger partial charge on any atom is 0.410 e. The maximum atomic E-state index is 12.6. The second kappa shape index (κ2) is 7.51. The van der Waals surface area contributed by atoms with Crippen LogP contribution >= 0.6 is 0 Å². The largest absolute Gasteiger partial charge is 0.444 e. The normalized spacial score (nSPS) is 23.2. The number of carbonyl (C=O) groups is 2. The number of ether oxygens (including phenoxy) is 1. The van der Waals surface area contributed by atoms with E-state index in [0.29, 0.717) is 38.5 Å². The molecule has 0 aromatic carbocycles. The van der Waals surface area contributed by atoms with Crippen molar-refractivity contribution in [1.82, 2.24) is 9.80 Å². The molecule has 1 aliphatic carbocycles. The zero-order chi connectivity index (χ0) is 17.0. The van der Waals surface area contributed by atoms with Crippen molar-refractivity contribution in [3.8, 4) is 0 Å². The molecule has 1 aliphatic heterocycles. The Kier molecular flexibility index (Phi) is 5.89. The quantitative estimate of drug-likeness (QED) is 0.861. The summed E-state index contributed by atoms with van der Waals surface area (Å²) < 4.78 is 5.42. The number of carbonyl (C=O) groups excluding carboxylic acids is 2. The topological polar surface area (TPSA) is 75.9 Å². The van der Waals surface area contributed by atoms with Gasteiger partial charge in [0.05, 0.1) is 6.04 Å². The molecule has 2 fully saturated rings. The molecule has 2 amide bonds. The van der Waals surface area contributed by atoms with E-state index in [0.717, 1.165) is 12.8 Å². The van der Waals surface area contributed by atoms with Crippen LogP contribution in [0.4, 0.5) is 4.79 Å². The Bertz CT molecular complexity index is 427. The predicted octanol–water partition coefficient (Wildman–Crippen LogP) is 1.97. The molecule has 0 spiro atoms. The van der Waals surface area contributed by atoms with E-state index in [1.165, 1.54) is 12.8 Å². The van der Waals surface area contributed by atoms with Gasteiger partial charge in [-0.1, -0.05) is 12.8 Å². The number of hydrogen-bond donors (Lipinski definition) is 1. The molecule has 1 saturated carbocycles. The van der Waals surface area contributed by atoms with Gasteiger partial charge >= 0.3 is 6.09 Å². The minimum absolute atomic E-state index is 0.106. The van der Waals surface area contributed by atoms with Crippen LogP contribution in [0.3, 0.4) is 0 Å². The van der Waals surface area contributed by atoms with Gasteiger partial charge in [0.2, 0.25) is 5.91 Å². The van der Waals surface area contributed by atoms with Crippen molar-refractivity contribution in [2.45, 2.75) is 64.5 Å². The molecule has 2 rings (SSSR count). The van der Waals surface area contributed by atoms with Gasteiger partial charge in [-0.05, 0) is 39.5 Å². The van der Waals surface area contributed by atoms with Gasteiger partial charge in [-0.3, -0.25) is 4.79 Å². The minimum Gasteiger partial charge on any atom is -0.444 e. The summed E-state index contributed by atoms with van der Waals surface area (Å²) in [6.07, 6.45) is 5.12. The number of nitrogens with two attached hydrogens (primary N) is 1. The number of amides is 2. The molecule has 2 aliphatic rings. The zero-order valence-electron chi connectivity index (χ0n) is 14.7. The Morgan fingerprint density at radius 1 is 1.17 bits per heavy atom. The first kappa shape index (κ1) is 18.0. The Morgan fingerprint density at radius 3 is 2.39 bits per heavy atom. The van der Waals surface area contributed by atoms with Gasteiger partial charge in [-0.25, -0.2) is 4.79 Å². The van der Waals surface area contributed by atoms with Crippen LogP contribution in [0.2, 0.25) is 0 Å². The Morgan fingerprint density at radius 2 is 1.83 bits per heavy atom. The molecular weight excluding hydrogens is 294 g/mol. The Hall–Kier alpha value is -1.30.